The third kappa shape index (κ3) is 4.62. The molecule has 3 aromatic rings. The zero-order chi connectivity index (χ0) is 23.0. The molecule has 1 aliphatic rings. The van der Waals surface area contributed by atoms with Gasteiger partial charge in [-0.3, -0.25) is 4.79 Å². The average Bonchev–Trinajstić information content (AvgIpc) is 3.30. The molecule has 0 saturated carbocycles. The van der Waals surface area contributed by atoms with Crippen molar-refractivity contribution in [2.24, 2.45) is 0 Å². The van der Waals surface area contributed by atoms with Crippen LogP contribution in [0.2, 0.25) is 5.02 Å². The quantitative estimate of drug-likeness (QED) is 0.592. The van der Waals surface area contributed by atoms with Gasteiger partial charge in [-0.1, -0.05) is 23.7 Å². The van der Waals surface area contributed by atoms with Gasteiger partial charge in [-0.2, -0.15) is 0 Å². The van der Waals surface area contributed by atoms with Gasteiger partial charge in [-0.05, 0) is 63.6 Å². The number of nitrogens with zero attached hydrogens (tertiary/aromatic N) is 3. The van der Waals surface area contributed by atoms with E-state index in [-0.39, 0.29) is 24.0 Å². The molecule has 170 valence electrons. The lowest BCUT2D eigenvalue weighted by molar-refractivity contribution is -0.131. The Kier molecular flexibility index (Phi) is 6.19. The molecule has 2 heterocycles. The number of benzene rings is 2. The number of para-hydroxylation sites is 2. The van der Waals surface area contributed by atoms with Crippen LogP contribution in [0.4, 0.5) is 0 Å². The van der Waals surface area contributed by atoms with E-state index in [1.54, 1.807) is 12.1 Å². The van der Waals surface area contributed by atoms with Crippen LogP contribution in [0.25, 0.3) is 11.0 Å². The first kappa shape index (κ1) is 22.6. The summed E-state index contributed by atoms with van der Waals surface area (Å²) in [6.07, 6.45) is -0.310. The second-order valence-electron chi connectivity index (χ2n) is 9.52. The van der Waals surface area contributed by atoms with E-state index in [1.165, 1.54) is 0 Å². The van der Waals surface area contributed by atoms with Crippen LogP contribution < -0.4 is 4.74 Å². The highest BCUT2D eigenvalue weighted by Crippen LogP contribution is 2.34. The van der Waals surface area contributed by atoms with E-state index >= 15 is 0 Å². The Hall–Kier alpha value is -2.57. The fourth-order valence-electron chi connectivity index (χ4n) is 4.29. The van der Waals surface area contributed by atoms with E-state index in [2.05, 4.69) is 20.8 Å². The number of aliphatic hydroxyl groups excluding tert-OH is 1. The van der Waals surface area contributed by atoms with Crippen LogP contribution in [0.15, 0.2) is 42.5 Å². The minimum atomic E-state index is -0.738. The Morgan fingerprint density at radius 3 is 2.69 bits per heavy atom. The number of fused-ring (bicyclic) bond motifs is 1. The molecule has 0 aliphatic carbocycles. The Morgan fingerprint density at radius 2 is 2.00 bits per heavy atom. The highest BCUT2D eigenvalue weighted by Gasteiger charge is 2.39. The smallest absolute Gasteiger partial charge is 0.223 e. The van der Waals surface area contributed by atoms with Gasteiger partial charge in [0, 0.05) is 29.4 Å². The number of aromatic nitrogens is 2. The number of aryl methyl sites for hydroxylation is 1. The first-order chi connectivity index (χ1) is 15.1. The zero-order valence-electron chi connectivity index (χ0n) is 19.0. The van der Waals surface area contributed by atoms with Crippen LogP contribution in [0.5, 0.6) is 5.75 Å². The number of carbonyl (C=O) groups excluding carboxylic acids is 1. The highest BCUT2D eigenvalue weighted by molar-refractivity contribution is 6.31. The summed E-state index contributed by atoms with van der Waals surface area (Å²) in [7, 11) is 0. The number of imidazole rings is 1. The molecule has 0 spiro atoms. The van der Waals surface area contributed by atoms with Gasteiger partial charge in [-0.25, -0.2) is 4.98 Å². The lowest BCUT2D eigenvalue weighted by Gasteiger charge is -2.32. The maximum absolute atomic E-state index is 12.7. The predicted octanol–water partition coefficient (Wildman–Crippen LogP) is 4.55. The second kappa shape index (κ2) is 8.75. The fourth-order valence-corrected chi connectivity index (χ4v) is 4.41. The van der Waals surface area contributed by atoms with Crippen molar-refractivity contribution in [2.75, 3.05) is 13.2 Å². The maximum Gasteiger partial charge on any atom is 0.223 e. The molecule has 0 radical (unpaired) electrons. The molecule has 4 rings (SSSR count). The molecule has 0 bridgehead atoms. The summed E-state index contributed by atoms with van der Waals surface area (Å²) in [4.78, 5) is 19.5. The van der Waals surface area contributed by atoms with Crippen LogP contribution in [-0.4, -0.2) is 50.3 Å². The molecule has 6 nitrogen and oxygen atoms in total. The third-order valence-corrected chi connectivity index (χ3v) is 6.37. The first-order valence-corrected chi connectivity index (χ1v) is 11.3. The zero-order valence-corrected chi connectivity index (χ0v) is 19.8. The van der Waals surface area contributed by atoms with Gasteiger partial charge in [0.2, 0.25) is 5.91 Å². The van der Waals surface area contributed by atoms with Crippen molar-refractivity contribution < 1.29 is 14.6 Å². The molecule has 1 fully saturated rings. The Balaban J connectivity index is 1.55. The molecule has 1 aliphatic heterocycles. The molecule has 1 saturated heterocycles. The van der Waals surface area contributed by atoms with Gasteiger partial charge in [0.1, 0.15) is 24.3 Å². The molecule has 1 N–H and O–H groups in total. The molecule has 2 atom stereocenters. The summed E-state index contributed by atoms with van der Waals surface area (Å²) in [5.41, 5.74) is 2.51. The standard InChI is InChI=1S/C25H30ClN3O3/c1-16-11-19(9-10-20(16)26)32-15-18(30)14-28-22-8-6-5-7-21(22)27-24(28)17-12-23(31)29(13-17)25(2,3)4/h5-11,17-18,30H,12-15H2,1-4H3/t17-,18+/m1/s1. The summed E-state index contributed by atoms with van der Waals surface area (Å²) in [6, 6.07) is 13.3. The number of hydrogen-bond donors (Lipinski definition) is 1. The molecular formula is C25H30ClN3O3. The lowest BCUT2D eigenvalue weighted by Crippen LogP contribution is -2.42. The lowest BCUT2D eigenvalue weighted by atomic mass is 10.1. The van der Waals surface area contributed by atoms with E-state index in [0.29, 0.717) is 30.3 Å². The van der Waals surface area contributed by atoms with Crippen molar-refractivity contribution in [3.63, 3.8) is 0 Å². The molecule has 32 heavy (non-hydrogen) atoms. The number of halogens is 1. The topological polar surface area (TPSA) is 67.6 Å². The van der Waals surface area contributed by atoms with Crippen LogP contribution >= 0.6 is 11.6 Å². The van der Waals surface area contributed by atoms with Crippen molar-refractivity contribution >= 4 is 28.5 Å². The molecule has 1 amide bonds. The fraction of sp³-hybridized carbons (Fsp3) is 0.440. The molecule has 1 aromatic heterocycles. The maximum atomic E-state index is 12.7. The molecule has 0 unspecified atom stereocenters. The number of likely N-dealkylation sites (tertiary alicyclic amines) is 1. The Morgan fingerprint density at radius 1 is 1.25 bits per heavy atom. The van der Waals surface area contributed by atoms with E-state index in [4.69, 9.17) is 21.3 Å². The third-order valence-electron chi connectivity index (χ3n) is 5.95. The first-order valence-electron chi connectivity index (χ1n) is 11.0. The number of aliphatic hydroxyl groups is 1. The minimum Gasteiger partial charge on any atom is -0.491 e. The van der Waals surface area contributed by atoms with Crippen LogP contribution in [0.1, 0.15) is 44.5 Å². The van der Waals surface area contributed by atoms with Gasteiger partial charge in [-0.15, -0.1) is 0 Å². The Bertz CT molecular complexity index is 1140. The number of hydrogen-bond acceptors (Lipinski definition) is 4. The van der Waals surface area contributed by atoms with Gasteiger partial charge in [0.25, 0.3) is 0 Å². The van der Waals surface area contributed by atoms with Gasteiger partial charge < -0.3 is 19.3 Å². The van der Waals surface area contributed by atoms with E-state index in [0.717, 1.165) is 22.4 Å². The summed E-state index contributed by atoms with van der Waals surface area (Å²) in [5.74, 6) is 1.64. The minimum absolute atomic E-state index is 0.0128. The predicted molar refractivity (Wildman–Crippen MR) is 126 cm³/mol. The number of rotatable bonds is 6. The van der Waals surface area contributed by atoms with Crippen LogP contribution in [0, 0.1) is 6.92 Å². The second-order valence-corrected chi connectivity index (χ2v) is 9.93. The number of amides is 1. The van der Waals surface area contributed by atoms with E-state index < -0.39 is 6.10 Å². The van der Waals surface area contributed by atoms with Crippen molar-refractivity contribution in [1.82, 2.24) is 14.5 Å². The largest absolute Gasteiger partial charge is 0.491 e. The Labute approximate surface area is 193 Å². The summed E-state index contributed by atoms with van der Waals surface area (Å²) in [5, 5.41) is 11.5. The van der Waals surface area contributed by atoms with E-state index in [1.807, 2.05) is 46.7 Å². The summed E-state index contributed by atoms with van der Waals surface area (Å²) >= 11 is 6.08. The van der Waals surface area contributed by atoms with Gasteiger partial charge in [0.15, 0.2) is 0 Å². The number of ether oxygens (including phenoxy) is 1. The van der Waals surface area contributed by atoms with Crippen molar-refractivity contribution in [3.8, 4) is 5.75 Å². The molecular weight excluding hydrogens is 426 g/mol. The van der Waals surface area contributed by atoms with Crippen molar-refractivity contribution in [1.29, 1.82) is 0 Å². The highest BCUT2D eigenvalue weighted by atomic mass is 35.5. The van der Waals surface area contributed by atoms with Crippen LogP contribution in [0.3, 0.4) is 0 Å². The SMILES string of the molecule is Cc1cc(OC[C@@H](O)Cn2c([C@@H]3CC(=O)N(C(C)(C)C)C3)nc3ccccc32)ccc1Cl. The van der Waals surface area contributed by atoms with E-state index in [9.17, 15) is 9.90 Å². The monoisotopic (exact) mass is 455 g/mol. The average molecular weight is 456 g/mol. The number of carbonyl (C=O) groups is 1. The van der Waals surface area contributed by atoms with Crippen molar-refractivity contribution in [3.05, 3.63) is 58.9 Å². The van der Waals surface area contributed by atoms with Gasteiger partial charge in [0.05, 0.1) is 17.6 Å². The molecule has 2 aromatic carbocycles. The summed E-state index contributed by atoms with van der Waals surface area (Å²) < 4.78 is 7.85. The van der Waals surface area contributed by atoms with Crippen molar-refractivity contribution in [2.45, 2.75) is 58.2 Å². The van der Waals surface area contributed by atoms with Gasteiger partial charge >= 0.3 is 0 Å². The molecule has 7 heteroatoms. The normalized spacial score (nSPS) is 17.9. The van der Waals surface area contributed by atoms with Crippen LogP contribution in [-0.2, 0) is 11.3 Å². The summed E-state index contributed by atoms with van der Waals surface area (Å²) in [6.45, 7) is 9.18.